The Labute approximate surface area is 129 Å². The van der Waals surface area contributed by atoms with Crippen molar-refractivity contribution in [1.29, 1.82) is 0 Å². The molecule has 122 valence electrons. The van der Waals surface area contributed by atoms with Crippen LogP contribution in [0.3, 0.4) is 0 Å². The Hall–Kier alpha value is -2.97. The van der Waals surface area contributed by atoms with Crippen molar-refractivity contribution in [1.82, 2.24) is 20.3 Å². The van der Waals surface area contributed by atoms with Crippen molar-refractivity contribution in [3.8, 4) is 0 Å². The van der Waals surface area contributed by atoms with Crippen LogP contribution in [0.2, 0.25) is 0 Å². The van der Waals surface area contributed by atoms with Crippen LogP contribution in [0.5, 0.6) is 0 Å². The monoisotopic (exact) mass is 320 g/mol. The molecule has 1 amide bonds. The molecule has 2 heterocycles. The average Bonchev–Trinajstić information content (AvgIpc) is 2.50. The van der Waals surface area contributed by atoms with Gasteiger partial charge in [-0.05, 0) is 12.0 Å². The fraction of sp³-hybridized carbons (Fsp3) is 0.357. The molecule has 23 heavy (non-hydrogen) atoms. The van der Waals surface area contributed by atoms with E-state index in [9.17, 15) is 24.3 Å². The Bertz CT molecular complexity index is 869. The van der Waals surface area contributed by atoms with Gasteiger partial charge >= 0.3 is 11.7 Å². The molecule has 4 N–H and O–H groups in total. The van der Waals surface area contributed by atoms with Crippen LogP contribution in [0.25, 0.3) is 11.0 Å². The van der Waals surface area contributed by atoms with Gasteiger partial charge in [-0.2, -0.15) is 0 Å². The van der Waals surface area contributed by atoms with Gasteiger partial charge in [0.1, 0.15) is 11.7 Å². The summed E-state index contributed by atoms with van der Waals surface area (Å²) >= 11 is 0. The van der Waals surface area contributed by atoms with Gasteiger partial charge in [0.15, 0.2) is 0 Å². The quantitative estimate of drug-likeness (QED) is 0.602. The summed E-state index contributed by atoms with van der Waals surface area (Å²) in [6.07, 6.45) is 1.75. The molecule has 0 unspecified atom stereocenters. The minimum atomic E-state index is -1.14. The molecule has 0 radical (unpaired) electrons. The van der Waals surface area contributed by atoms with Crippen molar-refractivity contribution in [3.05, 3.63) is 38.7 Å². The maximum absolute atomic E-state index is 12.2. The van der Waals surface area contributed by atoms with Crippen LogP contribution < -0.4 is 16.6 Å². The van der Waals surface area contributed by atoms with E-state index < -0.39 is 29.2 Å². The molecule has 0 aliphatic heterocycles. The Morgan fingerprint density at radius 2 is 2.04 bits per heavy atom. The van der Waals surface area contributed by atoms with Crippen LogP contribution in [0.4, 0.5) is 0 Å². The smallest absolute Gasteiger partial charge is 0.327 e. The second-order valence-electron chi connectivity index (χ2n) is 5.20. The lowest BCUT2D eigenvalue weighted by Gasteiger charge is -2.20. The number of carbonyl (C=O) groups is 2. The minimum Gasteiger partial charge on any atom is -0.480 e. The first kappa shape index (κ1) is 16.4. The van der Waals surface area contributed by atoms with Crippen molar-refractivity contribution in [3.63, 3.8) is 0 Å². The van der Waals surface area contributed by atoms with E-state index in [1.807, 2.05) is 11.9 Å². The van der Waals surface area contributed by atoms with E-state index in [0.717, 1.165) is 0 Å². The third-order valence-electron chi connectivity index (χ3n) is 3.62. The van der Waals surface area contributed by atoms with Gasteiger partial charge in [0, 0.05) is 6.20 Å². The van der Waals surface area contributed by atoms with Gasteiger partial charge in [0.25, 0.3) is 11.5 Å². The van der Waals surface area contributed by atoms with Gasteiger partial charge in [-0.15, -0.1) is 0 Å². The summed E-state index contributed by atoms with van der Waals surface area (Å²) in [6, 6.07) is 0.208. The molecule has 0 saturated heterocycles. The molecule has 0 aliphatic carbocycles. The normalized spacial score (nSPS) is 13.5. The number of amides is 1. The van der Waals surface area contributed by atoms with E-state index in [1.165, 1.54) is 12.3 Å². The molecule has 2 aromatic rings. The largest absolute Gasteiger partial charge is 0.480 e. The first-order chi connectivity index (χ1) is 10.8. The van der Waals surface area contributed by atoms with E-state index in [0.29, 0.717) is 6.42 Å². The number of aromatic nitrogens is 3. The summed E-state index contributed by atoms with van der Waals surface area (Å²) in [5.41, 5.74) is -1.30. The lowest BCUT2D eigenvalue weighted by atomic mass is 9.99. The van der Waals surface area contributed by atoms with E-state index in [1.54, 1.807) is 6.92 Å². The van der Waals surface area contributed by atoms with Crippen molar-refractivity contribution in [2.75, 3.05) is 0 Å². The molecule has 0 aromatic carbocycles. The Balaban J connectivity index is 2.36. The van der Waals surface area contributed by atoms with Crippen LogP contribution in [0.15, 0.2) is 21.9 Å². The van der Waals surface area contributed by atoms with Crippen LogP contribution in [0.1, 0.15) is 30.6 Å². The molecule has 0 fully saturated rings. The Kier molecular flexibility index (Phi) is 4.58. The summed E-state index contributed by atoms with van der Waals surface area (Å²) in [5.74, 6) is -2.05. The molecule has 2 atom stereocenters. The van der Waals surface area contributed by atoms with Crippen molar-refractivity contribution in [2.45, 2.75) is 26.3 Å². The van der Waals surface area contributed by atoms with Crippen molar-refractivity contribution < 1.29 is 14.7 Å². The molecular formula is C14H16N4O5. The van der Waals surface area contributed by atoms with Crippen LogP contribution in [-0.4, -0.2) is 38.0 Å². The minimum absolute atomic E-state index is 0.0320. The summed E-state index contributed by atoms with van der Waals surface area (Å²) in [6.45, 7) is 3.54. The zero-order valence-electron chi connectivity index (χ0n) is 12.5. The van der Waals surface area contributed by atoms with Crippen LogP contribution in [-0.2, 0) is 4.79 Å². The molecule has 9 heteroatoms. The number of aromatic amines is 2. The van der Waals surface area contributed by atoms with Crippen LogP contribution >= 0.6 is 0 Å². The maximum atomic E-state index is 12.2. The van der Waals surface area contributed by atoms with Crippen molar-refractivity contribution >= 4 is 22.9 Å². The molecule has 9 nitrogen and oxygen atoms in total. The first-order valence-corrected chi connectivity index (χ1v) is 6.99. The number of aliphatic carboxylic acids is 1. The number of nitrogens with one attached hydrogen (secondary N) is 3. The van der Waals surface area contributed by atoms with Gasteiger partial charge in [0.05, 0.1) is 10.9 Å². The molecule has 0 bridgehead atoms. The zero-order valence-corrected chi connectivity index (χ0v) is 12.5. The van der Waals surface area contributed by atoms with Gasteiger partial charge in [-0.3, -0.25) is 19.6 Å². The van der Waals surface area contributed by atoms with E-state index in [4.69, 9.17) is 0 Å². The van der Waals surface area contributed by atoms with Crippen molar-refractivity contribution in [2.24, 2.45) is 5.92 Å². The zero-order chi connectivity index (χ0) is 17.1. The van der Waals surface area contributed by atoms with E-state index in [2.05, 4.69) is 15.3 Å². The Morgan fingerprint density at radius 3 is 2.65 bits per heavy atom. The topological polar surface area (TPSA) is 145 Å². The predicted molar refractivity (Wildman–Crippen MR) is 81.3 cm³/mol. The number of hydrogen-bond donors (Lipinski definition) is 4. The number of pyridine rings is 1. The molecular weight excluding hydrogens is 304 g/mol. The lowest BCUT2D eigenvalue weighted by molar-refractivity contribution is -0.140. The maximum Gasteiger partial charge on any atom is 0.327 e. The highest BCUT2D eigenvalue weighted by atomic mass is 16.4. The molecule has 0 saturated carbocycles. The highest BCUT2D eigenvalue weighted by molar-refractivity contribution is 5.98. The third-order valence-corrected chi connectivity index (χ3v) is 3.62. The number of H-pyrrole nitrogens is 2. The van der Waals surface area contributed by atoms with Gasteiger partial charge in [0.2, 0.25) is 0 Å². The van der Waals surface area contributed by atoms with Gasteiger partial charge < -0.3 is 10.4 Å². The standard InChI is InChI=1S/C14H16N4O5/c1-3-6(2)9(13(21)22)16-11(19)7-4-8-10(15-5-7)17-14(23)18-12(8)20/h4-6,9H,3H2,1-2H3,(H,16,19)(H,21,22)(H2,15,17,18,20,23)/t6-,9-/m0/s1. The Morgan fingerprint density at radius 1 is 1.35 bits per heavy atom. The van der Waals surface area contributed by atoms with Gasteiger partial charge in [-0.25, -0.2) is 14.6 Å². The summed E-state index contributed by atoms with van der Waals surface area (Å²) in [4.78, 5) is 54.5. The van der Waals surface area contributed by atoms with Gasteiger partial charge in [-0.1, -0.05) is 20.3 Å². The fourth-order valence-electron chi connectivity index (χ4n) is 2.08. The summed E-state index contributed by atoms with van der Waals surface area (Å²) < 4.78 is 0. The fourth-order valence-corrected chi connectivity index (χ4v) is 2.08. The number of hydrogen-bond acceptors (Lipinski definition) is 5. The molecule has 0 aliphatic rings. The first-order valence-electron chi connectivity index (χ1n) is 6.99. The number of nitrogens with zero attached hydrogens (tertiary/aromatic N) is 1. The highest BCUT2D eigenvalue weighted by Crippen LogP contribution is 2.10. The number of carboxylic acid groups (broad SMARTS) is 1. The average molecular weight is 320 g/mol. The molecule has 0 spiro atoms. The second kappa shape index (κ2) is 6.42. The predicted octanol–water partition coefficient (Wildman–Crippen LogP) is -0.159. The van der Waals surface area contributed by atoms with E-state index in [-0.39, 0.29) is 22.5 Å². The third kappa shape index (κ3) is 3.44. The lowest BCUT2D eigenvalue weighted by Crippen LogP contribution is -2.45. The summed E-state index contributed by atoms with van der Waals surface area (Å²) in [5, 5.41) is 11.6. The van der Waals surface area contributed by atoms with Crippen LogP contribution in [0, 0.1) is 5.92 Å². The molecule has 2 aromatic heterocycles. The SMILES string of the molecule is CC[C@H](C)[C@H](NC(=O)c1cnc2[nH]c(=O)[nH]c(=O)c2c1)C(=O)O. The number of fused-ring (bicyclic) bond motifs is 1. The highest BCUT2D eigenvalue weighted by Gasteiger charge is 2.26. The number of rotatable bonds is 5. The summed E-state index contributed by atoms with van der Waals surface area (Å²) in [7, 11) is 0. The second-order valence-corrected chi connectivity index (χ2v) is 5.20. The molecule has 2 rings (SSSR count). The number of carbonyl (C=O) groups excluding carboxylic acids is 1. The van der Waals surface area contributed by atoms with E-state index >= 15 is 0 Å². The number of carboxylic acids is 1.